The van der Waals surface area contributed by atoms with Gasteiger partial charge in [-0.2, -0.15) is 0 Å². The van der Waals surface area contributed by atoms with Gasteiger partial charge in [0.15, 0.2) is 5.75 Å². The van der Waals surface area contributed by atoms with E-state index < -0.39 is 10.0 Å². The van der Waals surface area contributed by atoms with Gasteiger partial charge in [0.1, 0.15) is 9.92 Å². The van der Waals surface area contributed by atoms with Gasteiger partial charge in [-0.15, -0.1) is 0 Å². The average molecular weight is 388 g/mol. The number of aryl methyl sites for hydroxylation is 2. The number of rotatable bonds is 6. The molecule has 2 rings (SSSR count). The molecule has 0 fully saturated rings. The van der Waals surface area contributed by atoms with Crippen LogP contribution in [0.4, 0.5) is 5.69 Å². The van der Waals surface area contributed by atoms with Crippen molar-refractivity contribution in [3.63, 3.8) is 0 Å². The van der Waals surface area contributed by atoms with Crippen LogP contribution >= 0.6 is 23.2 Å². The number of benzene rings is 2. The van der Waals surface area contributed by atoms with Gasteiger partial charge < -0.3 is 4.74 Å². The SMILES string of the molecule is CCc1cccc(CC)c1NS(=O)(=O)c1ccc(Cl)c(Cl)c1OC. The van der Waals surface area contributed by atoms with Gasteiger partial charge in [-0.1, -0.05) is 55.2 Å². The fourth-order valence-electron chi connectivity index (χ4n) is 2.48. The third-order valence-electron chi connectivity index (χ3n) is 3.74. The number of ether oxygens (including phenoxy) is 1. The molecule has 4 nitrogen and oxygen atoms in total. The second kappa shape index (κ2) is 7.64. The largest absolute Gasteiger partial charge is 0.494 e. The second-order valence-corrected chi connectivity index (χ2v) is 7.59. The molecule has 0 aliphatic carbocycles. The predicted molar refractivity (Wildman–Crippen MR) is 99.0 cm³/mol. The second-order valence-electron chi connectivity index (χ2n) is 5.16. The number of halogens is 2. The van der Waals surface area contributed by atoms with Crippen LogP contribution in [0.25, 0.3) is 0 Å². The van der Waals surface area contributed by atoms with Crippen molar-refractivity contribution in [3.8, 4) is 5.75 Å². The van der Waals surface area contributed by atoms with E-state index in [9.17, 15) is 8.42 Å². The van der Waals surface area contributed by atoms with Crippen molar-refractivity contribution < 1.29 is 13.2 Å². The summed E-state index contributed by atoms with van der Waals surface area (Å²) in [7, 11) is -2.52. The van der Waals surface area contributed by atoms with E-state index in [-0.39, 0.29) is 20.7 Å². The Morgan fingerprint density at radius 3 is 2.12 bits per heavy atom. The van der Waals surface area contributed by atoms with Gasteiger partial charge in [0.25, 0.3) is 10.0 Å². The molecular weight excluding hydrogens is 369 g/mol. The third kappa shape index (κ3) is 3.63. The maximum atomic E-state index is 12.9. The van der Waals surface area contributed by atoms with Crippen molar-refractivity contribution in [3.05, 3.63) is 51.5 Å². The molecule has 0 unspecified atom stereocenters. The van der Waals surface area contributed by atoms with Crippen molar-refractivity contribution in [1.82, 2.24) is 0 Å². The Hall–Kier alpha value is -1.43. The summed E-state index contributed by atoms with van der Waals surface area (Å²) in [5.74, 6) is 0.0312. The summed E-state index contributed by atoms with van der Waals surface area (Å²) in [6.07, 6.45) is 1.43. The number of anilines is 1. The number of sulfonamides is 1. The van der Waals surface area contributed by atoms with Gasteiger partial charge in [-0.3, -0.25) is 4.72 Å². The summed E-state index contributed by atoms with van der Waals surface area (Å²) < 4.78 is 33.6. The molecule has 1 N–H and O–H groups in total. The lowest BCUT2D eigenvalue weighted by Gasteiger charge is -2.17. The first kappa shape index (κ1) is 18.9. The van der Waals surface area contributed by atoms with E-state index in [0.717, 1.165) is 11.1 Å². The molecule has 0 amide bonds. The topological polar surface area (TPSA) is 55.4 Å². The molecular formula is C17H19Cl2NO3S. The zero-order chi connectivity index (χ0) is 17.9. The zero-order valence-electron chi connectivity index (χ0n) is 13.7. The van der Waals surface area contributed by atoms with Gasteiger partial charge in [0, 0.05) is 0 Å². The number of hydrogen-bond acceptors (Lipinski definition) is 3. The van der Waals surface area contributed by atoms with Gasteiger partial charge in [0.2, 0.25) is 0 Å². The number of methoxy groups -OCH3 is 1. The van der Waals surface area contributed by atoms with Crippen molar-refractivity contribution in [2.45, 2.75) is 31.6 Å². The van der Waals surface area contributed by atoms with E-state index in [0.29, 0.717) is 18.5 Å². The van der Waals surface area contributed by atoms with E-state index in [4.69, 9.17) is 27.9 Å². The minimum atomic E-state index is -3.88. The molecule has 24 heavy (non-hydrogen) atoms. The number of hydrogen-bond donors (Lipinski definition) is 1. The molecule has 130 valence electrons. The predicted octanol–water partition coefficient (Wildman–Crippen LogP) is 4.93. The molecule has 0 saturated carbocycles. The van der Waals surface area contributed by atoms with Crippen LogP contribution in [-0.4, -0.2) is 15.5 Å². The molecule has 0 atom stereocenters. The zero-order valence-corrected chi connectivity index (χ0v) is 16.0. The fourth-order valence-corrected chi connectivity index (χ4v) is 4.24. The standard InChI is InChI=1S/C17H19Cl2NO3S/c1-4-11-7-6-8-12(5-2)16(11)20-24(21,22)14-10-9-13(18)15(19)17(14)23-3/h6-10,20H,4-5H2,1-3H3. The Balaban J connectivity index is 2.57. The van der Waals surface area contributed by atoms with Gasteiger partial charge >= 0.3 is 0 Å². The van der Waals surface area contributed by atoms with Crippen LogP contribution < -0.4 is 9.46 Å². The Morgan fingerprint density at radius 1 is 1.04 bits per heavy atom. The molecule has 0 bridgehead atoms. The van der Waals surface area contributed by atoms with Gasteiger partial charge in [-0.25, -0.2) is 8.42 Å². The minimum absolute atomic E-state index is 0.0312. The molecule has 0 radical (unpaired) electrons. The average Bonchev–Trinajstić information content (AvgIpc) is 2.56. The third-order valence-corrected chi connectivity index (χ3v) is 5.90. The lowest BCUT2D eigenvalue weighted by Crippen LogP contribution is -2.16. The molecule has 0 aromatic heterocycles. The molecule has 0 aliphatic rings. The van der Waals surface area contributed by atoms with Crippen LogP contribution in [0, 0.1) is 0 Å². The summed E-state index contributed by atoms with van der Waals surface area (Å²) in [5.41, 5.74) is 2.46. The number of para-hydroxylation sites is 1. The Labute approximate surface area is 152 Å². The van der Waals surface area contributed by atoms with E-state index >= 15 is 0 Å². The van der Waals surface area contributed by atoms with Gasteiger partial charge in [-0.05, 0) is 36.1 Å². The lowest BCUT2D eigenvalue weighted by atomic mass is 10.0. The van der Waals surface area contributed by atoms with Crippen LogP contribution in [0.1, 0.15) is 25.0 Å². The maximum absolute atomic E-state index is 12.9. The summed E-state index contributed by atoms with van der Waals surface area (Å²) in [4.78, 5) is -0.0487. The van der Waals surface area contributed by atoms with E-state index in [1.807, 2.05) is 32.0 Å². The highest BCUT2D eigenvalue weighted by atomic mass is 35.5. The molecule has 0 aliphatic heterocycles. The summed E-state index contributed by atoms with van der Waals surface area (Å²) in [5, 5.41) is 0.303. The normalized spacial score (nSPS) is 11.4. The van der Waals surface area contributed by atoms with Crippen molar-refractivity contribution in [2.24, 2.45) is 0 Å². The summed E-state index contributed by atoms with van der Waals surface area (Å²) in [6, 6.07) is 8.56. The first-order valence-electron chi connectivity index (χ1n) is 7.51. The highest BCUT2D eigenvalue weighted by molar-refractivity contribution is 7.92. The van der Waals surface area contributed by atoms with Crippen molar-refractivity contribution >= 4 is 38.9 Å². The highest BCUT2D eigenvalue weighted by Crippen LogP contribution is 2.38. The number of nitrogens with one attached hydrogen (secondary N) is 1. The van der Waals surface area contributed by atoms with E-state index in [1.165, 1.54) is 19.2 Å². The quantitative estimate of drug-likeness (QED) is 0.764. The molecule has 0 saturated heterocycles. The van der Waals surface area contributed by atoms with E-state index in [2.05, 4.69) is 4.72 Å². The molecule has 0 heterocycles. The minimum Gasteiger partial charge on any atom is -0.494 e. The van der Waals surface area contributed by atoms with Crippen molar-refractivity contribution in [1.29, 1.82) is 0 Å². The Bertz CT molecular complexity index is 829. The van der Waals surface area contributed by atoms with Crippen molar-refractivity contribution in [2.75, 3.05) is 11.8 Å². The smallest absolute Gasteiger partial charge is 0.265 e. The van der Waals surface area contributed by atoms with Gasteiger partial charge in [0.05, 0.1) is 17.8 Å². The first-order valence-corrected chi connectivity index (χ1v) is 9.75. The molecule has 0 spiro atoms. The lowest BCUT2D eigenvalue weighted by molar-refractivity contribution is 0.403. The first-order chi connectivity index (χ1) is 11.4. The maximum Gasteiger partial charge on any atom is 0.265 e. The Morgan fingerprint density at radius 2 is 1.62 bits per heavy atom. The molecule has 2 aromatic carbocycles. The van der Waals surface area contributed by atoms with Crippen LogP contribution in [0.2, 0.25) is 10.0 Å². The summed E-state index contributed by atoms with van der Waals surface area (Å²) in [6.45, 7) is 3.96. The van der Waals surface area contributed by atoms with Crippen LogP contribution in [0.15, 0.2) is 35.2 Å². The van der Waals surface area contributed by atoms with Crippen LogP contribution in [-0.2, 0) is 22.9 Å². The Kier molecular flexibility index (Phi) is 6.01. The van der Waals surface area contributed by atoms with Crippen LogP contribution in [0.3, 0.4) is 0 Å². The van der Waals surface area contributed by atoms with E-state index in [1.54, 1.807) is 0 Å². The molecule has 2 aromatic rings. The highest BCUT2D eigenvalue weighted by Gasteiger charge is 2.24. The summed E-state index contributed by atoms with van der Waals surface area (Å²) >= 11 is 12.0. The van der Waals surface area contributed by atoms with Crippen LogP contribution in [0.5, 0.6) is 5.75 Å². The fraction of sp³-hybridized carbons (Fsp3) is 0.294. The molecule has 7 heteroatoms. The monoisotopic (exact) mass is 387 g/mol.